The number of carbonyl (C=O) groups is 2. The van der Waals surface area contributed by atoms with E-state index in [0.717, 1.165) is 86.0 Å². The predicted octanol–water partition coefficient (Wildman–Crippen LogP) is 4.78. The molecule has 2 aliphatic heterocycles. The zero-order valence-electron chi connectivity index (χ0n) is 27.0. The van der Waals surface area contributed by atoms with Crippen molar-refractivity contribution >= 4 is 22.8 Å². The molecular weight excluding hydrogens is 574 g/mol. The van der Waals surface area contributed by atoms with Gasteiger partial charge in [-0.2, -0.15) is 0 Å². The van der Waals surface area contributed by atoms with Gasteiger partial charge < -0.3 is 25.6 Å². The molecule has 1 amide bonds. The summed E-state index contributed by atoms with van der Waals surface area (Å²) in [5.74, 6) is 1.22. The fraction of sp³-hybridized carbons (Fsp3) is 0.447. The second-order valence-corrected chi connectivity index (χ2v) is 13.6. The van der Waals surface area contributed by atoms with Gasteiger partial charge in [-0.05, 0) is 91.5 Å². The van der Waals surface area contributed by atoms with Crippen LogP contribution >= 0.6 is 0 Å². The molecule has 1 spiro atoms. The highest BCUT2D eigenvalue weighted by atomic mass is 16.5. The molecule has 8 nitrogen and oxygen atoms in total. The number of methoxy groups -OCH3 is 1. The Labute approximate surface area is 271 Å². The fourth-order valence-corrected chi connectivity index (χ4v) is 8.16. The molecule has 0 bridgehead atoms. The number of likely N-dealkylation sites (N-methyl/N-ethyl adjacent to an activating group) is 1. The summed E-state index contributed by atoms with van der Waals surface area (Å²) in [6, 6.07) is 6.67. The molecule has 46 heavy (non-hydrogen) atoms. The van der Waals surface area contributed by atoms with Crippen LogP contribution in [0.15, 0.2) is 83.9 Å². The Kier molecular flexibility index (Phi) is 8.42. The first kappa shape index (κ1) is 30.6. The number of allylic oxidation sites excluding steroid dienone is 6. The lowest BCUT2D eigenvalue weighted by Crippen LogP contribution is -2.51. The maximum Gasteiger partial charge on any atom is 0.326 e. The smallest absolute Gasteiger partial charge is 0.326 e. The van der Waals surface area contributed by atoms with E-state index in [9.17, 15) is 9.59 Å². The lowest BCUT2D eigenvalue weighted by atomic mass is 9.77. The molecule has 2 unspecified atom stereocenters. The van der Waals surface area contributed by atoms with Crippen LogP contribution in [0.4, 0.5) is 0 Å². The van der Waals surface area contributed by atoms with Crippen LogP contribution in [0.3, 0.4) is 0 Å². The van der Waals surface area contributed by atoms with Crippen molar-refractivity contribution in [3.8, 4) is 0 Å². The second kappa shape index (κ2) is 12.6. The van der Waals surface area contributed by atoms with Gasteiger partial charge in [-0.25, -0.2) is 0 Å². The highest BCUT2D eigenvalue weighted by Crippen LogP contribution is 2.49. The number of amides is 1. The number of esters is 1. The van der Waals surface area contributed by atoms with Crippen LogP contribution in [0.5, 0.6) is 0 Å². The molecule has 8 heteroatoms. The molecule has 1 aromatic heterocycles. The van der Waals surface area contributed by atoms with E-state index in [-0.39, 0.29) is 11.9 Å². The molecular formula is C38H45N5O3. The Hall–Kier alpha value is -4.01. The van der Waals surface area contributed by atoms with Crippen molar-refractivity contribution in [1.29, 1.82) is 0 Å². The van der Waals surface area contributed by atoms with Gasteiger partial charge in [-0.15, -0.1) is 0 Å². The summed E-state index contributed by atoms with van der Waals surface area (Å²) in [6.45, 7) is 3.09. The van der Waals surface area contributed by atoms with Crippen LogP contribution in [0.25, 0.3) is 10.9 Å². The first-order chi connectivity index (χ1) is 22.4. The quantitative estimate of drug-likeness (QED) is 0.330. The first-order valence-corrected chi connectivity index (χ1v) is 16.8. The molecule has 2 aromatic rings. The summed E-state index contributed by atoms with van der Waals surface area (Å²) in [5, 5.41) is 11.6. The van der Waals surface area contributed by atoms with Gasteiger partial charge in [0.05, 0.1) is 18.0 Å². The molecule has 3 N–H and O–H groups in total. The SMILES string of the molecule is COC(=O)C1(NCCC(CNCc2cnc3cc4c(cc3c2)CC2(C4)C(=O)NC3=C2C=CCN3C)C2=CC=CCC=C2)CCCC1. The molecule has 0 saturated heterocycles. The van der Waals surface area contributed by atoms with Gasteiger partial charge >= 0.3 is 5.97 Å². The van der Waals surface area contributed by atoms with Crippen LogP contribution < -0.4 is 16.0 Å². The van der Waals surface area contributed by atoms with E-state index in [1.54, 1.807) is 0 Å². The number of hydrogen-bond donors (Lipinski definition) is 3. The fourth-order valence-electron chi connectivity index (χ4n) is 8.16. The van der Waals surface area contributed by atoms with Crippen molar-refractivity contribution in [1.82, 2.24) is 25.8 Å². The highest BCUT2D eigenvalue weighted by Gasteiger charge is 2.52. The molecule has 5 aliphatic rings. The number of rotatable bonds is 10. The monoisotopic (exact) mass is 619 g/mol. The average molecular weight is 620 g/mol. The summed E-state index contributed by atoms with van der Waals surface area (Å²) in [5.41, 5.74) is 5.92. The maximum absolute atomic E-state index is 13.4. The number of carbonyl (C=O) groups excluding carboxylic acids is 2. The molecule has 2 atom stereocenters. The Bertz CT molecular complexity index is 1700. The zero-order chi connectivity index (χ0) is 31.7. The average Bonchev–Trinajstić information content (AvgIpc) is 3.69. The van der Waals surface area contributed by atoms with Gasteiger partial charge in [0.1, 0.15) is 11.4 Å². The minimum Gasteiger partial charge on any atom is -0.468 e. The molecule has 1 fully saturated rings. The third-order valence-electron chi connectivity index (χ3n) is 10.7. The maximum atomic E-state index is 13.4. The number of benzene rings is 1. The van der Waals surface area contributed by atoms with E-state index < -0.39 is 11.0 Å². The Morgan fingerprint density at radius 1 is 1.11 bits per heavy atom. The van der Waals surface area contributed by atoms with Gasteiger partial charge in [-0.1, -0.05) is 55.4 Å². The summed E-state index contributed by atoms with van der Waals surface area (Å²) < 4.78 is 5.18. The van der Waals surface area contributed by atoms with Crippen LogP contribution in [-0.2, 0) is 33.7 Å². The van der Waals surface area contributed by atoms with Crippen LogP contribution in [-0.4, -0.2) is 61.1 Å². The third-order valence-corrected chi connectivity index (χ3v) is 10.7. The van der Waals surface area contributed by atoms with Crippen molar-refractivity contribution < 1.29 is 14.3 Å². The number of ether oxygens (including phenoxy) is 1. The summed E-state index contributed by atoms with van der Waals surface area (Å²) in [6.07, 6.45) is 24.3. The number of hydrogen-bond acceptors (Lipinski definition) is 7. The Morgan fingerprint density at radius 3 is 2.76 bits per heavy atom. The van der Waals surface area contributed by atoms with Crippen molar-refractivity contribution in [2.24, 2.45) is 11.3 Å². The normalized spacial score (nSPS) is 23.5. The topological polar surface area (TPSA) is 95.6 Å². The van der Waals surface area contributed by atoms with Crippen LogP contribution in [0, 0.1) is 11.3 Å². The number of nitrogens with zero attached hydrogens (tertiary/aromatic N) is 2. The van der Waals surface area contributed by atoms with Crippen molar-refractivity contribution in [2.45, 2.75) is 63.5 Å². The molecule has 0 radical (unpaired) electrons. The van der Waals surface area contributed by atoms with E-state index in [0.29, 0.717) is 25.3 Å². The van der Waals surface area contributed by atoms with Crippen molar-refractivity contribution in [3.05, 3.63) is 101 Å². The van der Waals surface area contributed by atoms with Crippen molar-refractivity contribution in [3.63, 3.8) is 0 Å². The van der Waals surface area contributed by atoms with E-state index in [2.05, 4.69) is 81.6 Å². The molecule has 3 heterocycles. The van der Waals surface area contributed by atoms with Gasteiger partial charge in [0.25, 0.3) is 0 Å². The largest absolute Gasteiger partial charge is 0.468 e. The highest BCUT2D eigenvalue weighted by molar-refractivity contribution is 5.94. The number of pyridine rings is 1. The van der Waals surface area contributed by atoms with Gasteiger partial charge in [0.2, 0.25) is 5.91 Å². The van der Waals surface area contributed by atoms with E-state index in [4.69, 9.17) is 9.72 Å². The second-order valence-electron chi connectivity index (χ2n) is 13.6. The van der Waals surface area contributed by atoms with Gasteiger partial charge in [0, 0.05) is 43.8 Å². The molecule has 1 saturated carbocycles. The van der Waals surface area contributed by atoms with Crippen LogP contribution in [0.1, 0.15) is 55.2 Å². The summed E-state index contributed by atoms with van der Waals surface area (Å²) >= 11 is 0. The molecule has 3 aliphatic carbocycles. The van der Waals surface area contributed by atoms with Gasteiger partial charge in [0.15, 0.2) is 0 Å². The number of nitrogens with one attached hydrogen (secondary N) is 3. The first-order valence-electron chi connectivity index (χ1n) is 16.8. The third kappa shape index (κ3) is 5.62. The minimum atomic E-state index is -0.541. The lowest BCUT2D eigenvalue weighted by molar-refractivity contribution is -0.148. The Balaban J connectivity index is 1.03. The molecule has 1 aromatic carbocycles. The van der Waals surface area contributed by atoms with Gasteiger partial charge in [-0.3, -0.25) is 14.6 Å². The lowest BCUT2D eigenvalue weighted by Gasteiger charge is -2.28. The van der Waals surface area contributed by atoms with Crippen LogP contribution in [0.2, 0.25) is 0 Å². The zero-order valence-corrected chi connectivity index (χ0v) is 27.0. The van der Waals surface area contributed by atoms with E-state index in [1.807, 2.05) is 13.2 Å². The Morgan fingerprint density at radius 2 is 1.93 bits per heavy atom. The minimum absolute atomic E-state index is 0.108. The van der Waals surface area contributed by atoms with E-state index >= 15 is 0 Å². The standard InChI is InChI=1S/C38H45N5O3/c1-43-17-9-12-32-34(43)42-35(44)37(32)21-30-19-29-18-26(24-40-33(29)20-31(30)22-37)23-39-25-28(27-10-5-3-4-6-11-27)13-16-41-38(36(45)46-2)14-7-8-15-38/h3,5-6,9-12,18-20,24,28,39,41H,4,7-8,13-17,21-23,25H2,1-2H3,(H,42,44). The number of fused-ring (bicyclic) bond motifs is 3. The van der Waals surface area contributed by atoms with Crippen molar-refractivity contribution in [2.75, 3.05) is 33.8 Å². The number of aromatic nitrogens is 1. The molecule has 7 rings (SSSR count). The molecule has 240 valence electrons. The summed E-state index contributed by atoms with van der Waals surface area (Å²) in [4.78, 5) is 33.0. The van der Waals surface area contributed by atoms with E-state index in [1.165, 1.54) is 23.8 Å². The predicted molar refractivity (Wildman–Crippen MR) is 181 cm³/mol. The summed E-state index contributed by atoms with van der Waals surface area (Å²) in [7, 11) is 3.52.